The molecule has 92 valence electrons. The van der Waals surface area contributed by atoms with Gasteiger partial charge < -0.3 is 5.32 Å². The average Bonchev–Trinajstić information content (AvgIpc) is 3.06. The molecule has 1 saturated carbocycles. The third-order valence-corrected chi connectivity index (χ3v) is 3.76. The summed E-state index contributed by atoms with van der Waals surface area (Å²) in [5, 5.41) is 5.63. The summed E-state index contributed by atoms with van der Waals surface area (Å²) in [5.74, 6) is 1.32. The molecular formula is C13H13N3OS. The lowest BCUT2D eigenvalue weighted by atomic mass is 10.3. The highest BCUT2D eigenvalue weighted by Gasteiger charge is 2.24. The molecule has 0 atom stereocenters. The van der Waals surface area contributed by atoms with E-state index in [9.17, 15) is 4.79 Å². The molecule has 1 fully saturated rings. The van der Waals surface area contributed by atoms with E-state index in [4.69, 9.17) is 0 Å². The molecule has 0 aliphatic heterocycles. The number of pyridine rings is 1. The van der Waals surface area contributed by atoms with E-state index in [2.05, 4.69) is 15.3 Å². The number of anilines is 1. The molecular weight excluding hydrogens is 246 g/mol. The largest absolute Gasteiger partial charge is 0.310 e. The maximum Gasteiger partial charge on any atom is 0.225 e. The van der Waals surface area contributed by atoms with E-state index >= 15 is 0 Å². The Bertz CT molecular complexity index is 548. The van der Waals surface area contributed by atoms with Gasteiger partial charge in [0, 0.05) is 29.8 Å². The van der Waals surface area contributed by atoms with Gasteiger partial charge in [-0.15, -0.1) is 11.3 Å². The number of nitrogens with one attached hydrogen (secondary N) is 1. The molecule has 0 radical (unpaired) electrons. The number of rotatable bonds is 4. The zero-order valence-electron chi connectivity index (χ0n) is 9.80. The molecule has 2 aromatic rings. The highest BCUT2D eigenvalue weighted by atomic mass is 32.1. The van der Waals surface area contributed by atoms with E-state index in [0.717, 1.165) is 10.6 Å². The third kappa shape index (κ3) is 2.73. The van der Waals surface area contributed by atoms with Crippen LogP contribution in [-0.4, -0.2) is 15.9 Å². The second-order valence-corrected chi connectivity index (χ2v) is 5.33. The normalized spacial score (nSPS) is 14.4. The lowest BCUT2D eigenvalue weighted by Crippen LogP contribution is -2.12. The van der Waals surface area contributed by atoms with Crippen LogP contribution in [0.1, 0.15) is 19.3 Å². The maximum atomic E-state index is 11.7. The van der Waals surface area contributed by atoms with Crippen molar-refractivity contribution in [3.05, 3.63) is 29.9 Å². The fraction of sp³-hybridized carbons (Fsp3) is 0.308. The number of aromatic nitrogens is 2. The van der Waals surface area contributed by atoms with Crippen molar-refractivity contribution in [2.45, 2.75) is 19.3 Å². The fourth-order valence-corrected chi connectivity index (χ4v) is 2.49. The highest BCUT2D eigenvalue weighted by molar-refractivity contribution is 7.13. The molecule has 2 aromatic heterocycles. The smallest absolute Gasteiger partial charge is 0.225 e. The zero-order valence-corrected chi connectivity index (χ0v) is 10.6. The van der Waals surface area contributed by atoms with Gasteiger partial charge in [0.1, 0.15) is 10.8 Å². The van der Waals surface area contributed by atoms with Crippen LogP contribution in [0.4, 0.5) is 5.82 Å². The highest BCUT2D eigenvalue weighted by Crippen LogP contribution is 2.32. The first-order valence-corrected chi connectivity index (χ1v) is 6.85. The molecule has 0 spiro atoms. The van der Waals surface area contributed by atoms with Crippen LogP contribution >= 0.6 is 11.3 Å². The SMILES string of the molecule is O=C(CC1CC1)Nc1csc(-c2ccncc2)n1. The Balaban J connectivity index is 1.67. The Morgan fingerprint density at radius 1 is 1.39 bits per heavy atom. The van der Waals surface area contributed by atoms with Crippen molar-refractivity contribution in [2.75, 3.05) is 5.32 Å². The summed E-state index contributed by atoms with van der Waals surface area (Å²) in [6.07, 6.45) is 6.48. The van der Waals surface area contributed by atoms with Crippen molar-refractivity contribution in [1.29, 1.82) is 0 Å². The van der Waals surface area contributed by atoms with E-state index in [0.29, 0.717) is 18.2 Å². The summed E-state index contributed by atoms with van der Waals surface area (Å²) < 4.78 is 0. The Kier molecular flexibility index (Phi) is 3.06. The van der Waals surface area contributed by atoms with Gasteiger partial charge in [0.15, 0.2) is 0 Å². The number of amides is 1. The minimum absolute atomic E-state index is 0.0732. The Labute approximate surface area is 109 Å². The molecule has 0 saturated heterocycles. The quantitative estimate of drug-likeness (QED) is 0.918. The van der Waals surface area contributed by atoms with Gasteiger partial charge in [-0.05, 0) is 30.9 Å². The summed E-state index contributed by atoms with van der Waals surface area (Å²) >= 11 is 1.53. The first kappa shape index (κ1) is 11.3. The molecule has 3 rings (SSSR count). The molecule has 0 unspecified atom stereocenters. The van der Waals surface area contributed by atoms with E-state index in [1.54, 1.807) is 12.4 Å². The maximum absolute atomic E-state index is 11.7. The average molecular weight is 259 g/mol. The van der Waals surface area contributed by atoms with E-state index < -0.39 is 0 Å². The standard InChI is InChI=1S/C13H13N3OS/c17-12(7-9-1-2-9)15-11-8-18-13(16-11)10-3-5-14-6-4-10/h3-6,8-9H,1-2,7H2,(H,15,17). The van der Waals surface area contributed by atoms with Crippen LogP contribution in [0.15, 0.2) is 29.9 Å². The van der Waals surface area contributed by atoms with Crippen LogP contribution in [-0.2, 0) is 4.79 Å². The number of thiazole rings is 1. The number of nitrogens with zero attached hydrogens (tertiary/aromatic N) is 2. The Morgan fingerprint density at radius 2 is 2.17 bits per heavy atom. The Hall–Kier alpha value is -1.75. The summed E-state index contributed by atoms with van der Waals surface area (Å²) in [4.78, 5) is 20.0. The van der Waals surface area contributed by atoms with Crippen LogP contribution in [0.2, 0.25) is 0 Å². The van der Waals surface area contributed by atoms with Gasteiger partial charge in [-0.1, -0.05) is 0 Å². The number of carbonyl (C=O) groups excluding carboxylic acids is 1. The van der Waals surface area contributed by atoms with Gasteiger partial charge in [0.05, 0.1) is 0 Å². The summed E-state index contributed by atoms with van der Waals surface area (Å²) in [6.45, 7) is 0. The third-order valence-electron chi connectivity index (χ3n) is 2.87. The summed E-state index contributed by atoms with van der Waals surface area (Å²) in [5.41, 5.74) is 1.03. The minimum Gasteiger partial charge on any atom is -0.310 e. The fourth-order valence-electron chi connectivity index (χ4n) is 1.74. The van der Waals surface area contributed by atoms with E-state index in [1.165, 1.54) is 24.2 Å². The summed E-state index contributed by atoms with van der Waals surface area (Å²) in [7, 11) is 0. The van der Waals surface area contributed by atoms with Gasteiger partial charge in [-0.3, -0.25) is 9.78 Å². The lowest BCUT2D eigenvalue weighted by Gasteiger charge is -1.99. The van der Waals surface area contributed by atoms with Gasteiger partial charge in [0.2, 0.25) is 5.91 Å². The molecule has 0 aromatic carbocycles. The van der Waals surface area contributed by atoms with Crippen LogP contribution in [0, 0.1) is 5.92 Å². The van der Waals surface area contributed by atoms with Crippen LogP contribution < -0.4 is 5.32 Å². The molecule has 1 amide bonds. The topological polar surface area (TPSA) is 54.9 Å². The van der Waals surface area contributed by atoms with Gasteiger partial charge in [-0.25, -0.2) is 4.98 Å². The predicted octanol–water partition coefficient (Wildman–Crippen LogP) is 2.94. The van der Waals surface area contributed by atoms with Gasteiger partial charge in [0.25, 0.3) is 0 Å². The first-order chi connectivity index (χ1) is 8.81. The minimum atomic E-state index is 0.0732. The predicted molar refractivity (Wildman–Crippen MR) is 71.3 cm³/mol. The molecule has 1 N–H and O–H groups in total. The van der Waals surface area contributed by atoms with Crippen molar-refractivity contribution in [3.8, 4) is 10.6 Å². The number of carbonyl (C=O) groups is 1. The Morgan fingerprint density at radius 3 is 2.89 bits per heavy atom. The van der Waals surface area contributed by atoms with Crippen LogP contribution in [0.25, 0.3) is 10.6 Å². The van der Waals surface area contributed by atoms with Crippen molar-refractivity contribution < 1.29 is 4.79 Å². The second kappa shape index (κ2) is 4.86. The monoisotopic (exact) mass is 259 g/mol. The summed E-state index contributed by atoms with van der Waals surface area (Å²) in [6, 6.07) is 3.82. The van der Waals surface area contributed by atoms with Crippen molar-refractivity contribution in [2.24, 2.45) is 5.92 Å². The molecule has 18 heavy (non-hydrogen) atoms. The molecule has 1 aliphatic rings. The molecule has 2 heterocycles. The zero-order chi connectivity index (χ0) is 12.4. The van der Waals surface area contributed by atoms with Crippen molar-refractivity contribution >= 4 is 23.1 Å². The van der Waals surface area contributed by atoms with E-state index in [1.807, 2.05) is 17.5 Å². The van der Waals surface area contributed by atoms with E-state index in [-0.39, 0.29) is 5.91 Å². The molecule has 0 bridgehead atoms. The van der Waals surface area contributed by atoms with Crippen molar-refractivity contribution in [1.82, 2.24) is 9.97 Å². The molecule has 5 heteroatoms. The lowest BCUT2D eigenvalue weighted by molar-refractivity contribution is -0.116. The van der Waals surface area contributed by atoms with Gasteiger partial charge in [-0.2, -0.15) is 0 Å². The van der Waals surface area contributed by atoms with Gasteiger partial charge >= 0.3 is 0 Å². The molecule has 1 aliphatic carbocycles. The van der Waals surface area contributed by atoms with Crippen LogP contribution in [0.3, 0.4) is 0 Å². The van der Waals surface area contributed by atoms with Crippen molar-refractivity contribution in [3.63, 3.8) is 0 Å². The first-order valence-electron chi connectivity index (χ1n) is 5.97. The molecule has 4 nitrogen and oxygen atoms in total. The number of hydrogen-bond acceptors (Lipinski definition) is 4. The van der Waals surface area contributed by atoms with Crippen LogP contribution in [0.5, 0.6) is 0 Å². The second-order valence-electron chi connectivity index (χ2n) is 4.47. The number of hydrogen-bond donors (Lipinski definition) is 1.